The molecular weight excluding hydrogens is 432 g/mol. The second-order valence-electron chi connectivity index (χ2n) is 3.91. The SMILES string of the molecule is CNCc1cc(S(=O)(=O)NCc2ccc(Br)s2)c(Br)o1. The molecule has 0 aromatic carbocycles. The van der Waals surface area contributed by atoms with Crippen LogP contribution < -0.4 is 10.0 Å². The van der Waals surface area contributed by atoms with E-state index in [0.717, 1.165) is 8.66 Å². The summed E-state index contributed by atoms with van der Waals surface area (Å²) in [5.74, 6) is 0.554. The predicted octanol–water partition coefficient (Wildman–Crippen LogP) is 3.06. The Hall–Kier alpha value is -0.190. The molecule has 110 valence electrons. The first-order chi connectivity index (χ1) is 9.42. The van der Waals surface area contributed by atoms with Crippen LogP contribution >= 0.6 is 43.2 Å². The van der Waals surface area contributed by atoms with Gasteiger partial charge in [0.2, 0.25) is 10.0 Å². The third-order valence-corrected chi connectivity index (χ3v) is 6.29. The molecule has 2 rings (SSSR count). The molecule has 0 saturated carbocycles. The van der Waals surface area contributed by atoms with Crippen LogP contribution in [0.25, 0.3) is 0 Å². The van der Waals surface area contributed by atoms with Crippen LogP contribution in [0, 0.1) is 0 Å². The van der Waals surface area contributed by atoms with Gasteiger partial charge in [0, 0.05) is 17.5 Å². The van der Waals surface area contributed by atoms with E-state index in [2.05, 4.69) is 41.9 Å². The standard InChI is InChI=1S/C11H12Br2N2O3S2/c1-14-5-7-4-9(11(13)18-7)20(16,17)15-6-8-2-3-10(12)19-8/h2-4,14-15H,5-6H2,1H3. The minimum atomic E-state index is -3.60. The van der Waals surface area contributed by atoms with Gasteiger partial charge >= 0.3 is 0 Å². The highest BCUT2D eigenvalue weighted by atomic mass is 79.9. The van der Waals surface area contributed by atoms with Crippen LogP contribution in [0.2, 0.25) is 0 Å². The highest BCUT2D eigenvalue weighted by Crippen LogP contribution is 2.27. The van der Waals surface area contributed by atoms with Gasteiger partial charge in [0.25, 0.3) is 0 Å². The van der Waals surface area contributed by atoms with E-state index in [-0.39, 0.29) is 16.1 Å². The Kier molecular flexibility index (Phi) is 5.43. The Bertz CT molecular complexity index is 694. The van der Waals surface area contributed by atoms with E-state index in [4.69, 9.17) is 4.42 Å². The molecule has 0 amide bonds. The predicted molar refractivity (Wildman–Crippen MR) is 85.2 cm³/mol. The fourth-order valence-corrected chi connectivity index (χ4v) is 5.05. The molecular formula is C11H12Br2N2O3S2. The zero-order chi connectivity index (χ0) is 14.8. The first-order valence-electron chi connectivity index (χ1n) is 5.59. The summed E-state index contributed by atoms with van der Waals surface area (Å²) in [5, 5.41) is 2.90. The van der Waals surface area contributed by atoms with Crippen molar-refractivity contribution in [3.8, 4) is 0 Å². The van der Waals surface area contributed by atoms with E-state index in [1.807, 2.05) is 12.1 Å². The Balaban J connectivity index is 2.13. The van der Waals surface area contributed by atoms with Gasteiger partial charge in [-0.05, 0) is 51.0 Å². The number of nitrogens with one attached hydrogen (secondary N) is 2. The molecule has 0 unspecified atom stereocenters. The van der Waals surface area contributed by atoms with Crippen LogP contribution in [-0.4, -0.2) is 15.5 Å². The minimum Gasteiger partial charge on any atom is -0.452 e. The smallest absolute Gasteiger partial charge is 0.245 e. The largest absolute Gasteiger partial charge is 0.452 e. The summed E-state index contributed by atoms with van der Waals surface area (Å²) >= 11 is 7.96. The van der Waals surface area contributed by atoms with Crippen molar-refractivity contribution in [2.24, 2.45) is 0 Å². The Morgan fingerprint density at radius 2 is 2.05 bits per heavy atom. The van der Waals surface area contributed by atoms with Crippen molar-refractivity contribution in [2.75, 3.05) is 7.05 Å². The number of hydrogen-bond acceptors (Lipinski definition) is 5. The monoisotopic (exact) mass is 442 g/mol. The number of hydrogen-bond donors (Lipinski definition) is 2. The molecule has 0 aliphatic rings. The van der Waals surface area contributed by atoms with E-state index in [1.54, 1.807) is 7.05 Å². The van der Waals surface area contributed by atoms with E-state index in [1.165, 1.54) is 17.4 Å². The lowest BCUT2D eigenvalue weighted by molar-refractivity contribution is 0.470. The van der Waals surface area contributed by atoms with Crippen molar-refractivity contribution in [1.29, 1.82) is 0 Å². The number of halogens is 2. The summed E-state index contributed by atoms with van der Waals surface area (Å²) in [7, 11) is -1.84. The first-order valence-corrected chi connectivity index (χ1v) is 9.47. The van der Waals surface area contributed by atoms with Crippen molar-refractivity contribution in [2.45, 2.75) is 18.0 Å². The molecule has 0 saturated heterocycles. The number of sulfonamides is 1. The van der Waals surface area contributed by atoms with E-state index in [0.29, 0.717) is 12.3 Å². The summed E-state index contributed by atoms with van der Waals surface area (Å²) in [6, 6.07) is 5.26. The van der Waals surface area contributed by atoms with Crippen LogP contribution in [0.15, 0.2) is 36.0 Å². The normalized spacial score (nSPS) is 11.9. The summed E-state index contributed by atoms with van der Waals surface area (Å²) in [5.41, 5.74) is 0. The number of thiophene rings is 1. The van der Waals surface area contributed by atoms with Crippen LogP contribution in [-0.2, 0) is 23.1 Å². The maximum Gasteiger partial charge on any atom is 0.245 e. The Labute approximate surface area is 138 Å². The molecule has 0 fully saturated rings. The third kappa shape index (κ3) is 3.92. The molecule has 0 atom stereocenters. The van der Waals surface area contributed by atoms with Crippen LogP contribution in [0.5, 0.6) is 0 Å². The fraction of sp³-hybridized carbons (Fsp3) is 0.273. The molecule has 2 N–H and O–H groups in total. The lowest BCUT2D eigenvalue weighted by atomic mass is 10.4. The van der Waals surface area contributed by atoms with Crippen molar-refractivity contribution >= 4 is 53.2 Å². The summed E-state index contributed by atoms with van der Waals surface area (Å²) in [6.45, 7) is 0.712. The van der Waals surface area contributed by atoms with E-state index >= 15 is 0 Å². The van der Waals surface area contributed by atoms with Gasteiger partial charge in [-0.25, -0.2) is 13.1 Å². The van der Waals surface area contributed by atoms with Crippen LogP contribution in [0.4, 0.5) is 0 Å². The molecule has 2 heterocycles. The van der Waals surface area contributed by atoms with Gasteiger partial charge in [-0.1, -0.05) is 0 Å². The van der Waals surface area contributed by atoms with Gasteiger partial charge in [0.05, 0.1) is 10.3 Å². The summed E-state index contributed by atoms with van der Waals surface area (Å²) in [6.07, 6.45) is 0. The van der Waals surface area contributed by atoms with Gasteiger partial charge in [-0.2, -0.15) is 0 Å². The highest BCUT2D eigenvalue weighted by Gasteiger charge is 2.22. The average Bonchev–Trinajstić information content (AvgIpc) is 2.94. The third-order valence-electron chi connectivity index (χ3n) is 2.41. The molecule has 0 aliphatic heterocycles. The minimum absolute atomic E-state index is 0.110. The quantitative estimate of drug-likeness (QED) is 0.719. The molecule has 20 heavy (non-hydrogen) atoms. The number of furan rings is 1. The fourth-order valence-electron chi connectivity index (χ4n) is 1.53. The van der Waals surface area contributed by atoms with Gasteiger partial charge in [0.15, 0.2) is 4.67 Å². The molecule has 2 aromatic heterocycles. The van der Waals surface area contributed by atoms with Gasteiger partial charge in [0.1, 0.15) is 10.7 Å². The maximum atomic E-state index is 12.2. The maximum absolute atomic E-state index is 12.2. The lowest BCUT2D eigenvalue weighted by Crippen LogP contribution is -2.22. The summed E-state index contributed by atoms with van der Waals surface area (Å²) < 4.78 is 33.5. The highest BCUT2D eigenvalue weighted by molar-refractivity contribution is 9.11. The molecule has 0 radical (unpaired) electrons. The van der Waals surface area contributed by atoms with Crippen molar-refractivity contribution < 1.29 is 12.8 Å². The zero-order valence-corrected chi connectivity index (χ0v) is 15.2. The van der Waals surface area contributed by atoms with Crippen LogP contribution in [0.1, 0.15) is 10.6 Å². The molecule has 5 nitrogen and oxygen atoms in total. The molecule has 0 aliphatic carbocycles. The van der Waals surface area contributed by atoms with Gasteiger partial charge in [-0.15, -0.1) is 11.3 Å². The molecule has 9 heteroatoms. The molecule has 0 spiro atoms. The first kappa shape index (κ1) is 16.2. The van der Waals surface area contributed by atoms with Gasteiger partial charge in [-0.3, -0.25) is 0 Å². The lowest BCUT2D eigenvalue weighted by Gasteiger charge is -2.03. The summed E-state index contributed by atoms with van der Waals surface area (Å²) in [4.78, 5) is 1.04. The van der Waals surface area contributed by atoms with Crippen molar-refractivity contribution in [3.05, 3.63) is 37.3 Å². The van der Waals surface area contributed by atoms with Crippen molar-refractivity contribution in [3.63, 3.8) is 0 Å². The van der Waals surface area contributed by atoms with E-state index < -0.39 is 10.0 Å². The Morgan fingerprint density at radius 1 is 1.30 bits per heavy atom. The molecule has 0 bridgehead atoms. The van der Waals surface area contributed by atoms with Crippen molar-refractivity contribution in [1.82, 2.24) is 10.0 Å². The van der Waals surface area contributed by atoms with Crippen LogP contribution in [0.3, 0.4) is 0 Å². The number of rotatable bonds is 6. The van der Waals surface area contributed by atoms with Gasteiger partial charge < -0.3 is 9.73 Å². The second-order valence-corrected chi connectivity index (χ2v) is 8.91. The average molecular weight is 444 g/mol. The topological polar surface area (TPSA) is 71.3 Å². The zero-order valence-electron chi connectivity index (χ0n) is 10.4. The second kappa shape index (κ2) is 6.71. The Morgan fingerprint density at radius 3 is 2.65 bits per heavy atom. The van der Waals surface area contributed by atoms with E-state index in [9.17, 15) is 8.42 Å². The molecule has 2 aromatic rings.